The summed E-state index contributed by atoms with van der Waals surface area (Å²) in [6, 6.07) is 13.4. The van der Waals surface area contributed by atoms with E-state index in [2.05, 4.69) is 10.2 Å². The van der Waals surface area contributed by atoms with Crippen molar-refractivity contribution in [3.8, 4) is 5.75 Å². The van der Waals surface area contributed by atoms with Crippen LogP contribution >= 0.6 is 11.6 Å². The maximum Gasteiger partial charge on any atom is 0.258 e. The quantitative estimate of drug-likeness (QED) is 0.798. The molecule has 138 valence electrons. The molecule has 0 aromatic heterocycles. The fourth-order valence-corrected chi connectivity index (χ4v) is 3.44. The van der Waals surface area contributed by atoms with Gasteiger partial charge in [-0.15, -0.1) is 0 Å². The van der Waals surface area contributed by atoms with Crippen LogP contribution in [0.5, 0.6) is 5.75 Å². The van der Waals surface area contributed by atoms with Gasteiger partial charge in [0.05, 0.1) is 6.04 Å². The van der Waals surface area contributed by atoms with Gasteiger partial charge >= 0.3 is 0 Å². The van der Waals surface area contributed by atoms with Gasteiger partial charge < -0.3 is 10.1 Å². The molecule has 0 spiro atoms. The maximum atomic E-state index is 12.9. The second-order valence-corrected chi connectivity index (χ2v) is 6.73. The normalized spacial score (nSPS) is 15.6. The SMILES string of the molecule is O=C(COc1ccc(F)cc1)NC[C@H](c1ccccc1Cl)N1CCCC1. The van der Waals surface area contributed by atoms with Crippen LogP contribution in [0.2, 0.25) is 5.02 Å². The van der Waals surface area contributed by atoms with Gasteiger partial charge in [0.2, 0.25) is 0 Å². The fourth-order valence-electron chi connectivity index (χ4n) is 3.18. The minimum atomic E-state index is -0.338. The molecule has 2 aromatic carbocycles. The second-order valence-electron chi connectivity index (χ2n) is 6.33. The van der Waals surface area contributed by atoms with Crippen molar-refractivity contribution in [1.29, 1.82) is 0 Å². The van der Waals surface area contributed by atoms with Crippen LogP contribution in [0, 0.1) is 5.82 Å². The van der Waals surface area contributed by atoms with Gasteiger partial charge in [-0.1, -0.05) is 29.8 Å². The molecule has 1 aliphatic rings. The van der Waals surface area contributed by atoms with Crippen molar-refractivity contribution in [1.82, 2.24) is 10.2 Å². The van der Waals surface area contributed by atoms with Crippen LogP contribution in [0.25, 0.3) is 0 Å². The monoisotopic (exact) mass is 376 g/mol. The van der Waals surface area contributed by atoms with Gasteiger partial charge in [-0.25, -0.2) is 4.39 Å². The first-order valence-electron chi connectivity index (χ1n) is 8.77. The average molecular weight is 377 g/mol. The predicted molar refractivity (Wildman–Crippen MR) is 99.9 cm³/mol. The summed E-state index contributed by atoms with van der Waals surface area (Å²) in [5.41, 5.74) is 1.02. The van der Waals surface area contributed by atoms with E-state index in [4.69, 9.17) is 16.3 Å². The number of amides is 1. The first-order chi connectivity index (χ1) is 12.6. The standard InChI is InChI=1S/C20H22ClFN2O2/c21-18-6-2-1-5-17(18)19(24-11-3-4-12-24)13-23-20(25)14-26-16-9-7-15(22)8-10-16/h1-2,5-10,19H,3-4,11-14H2,(H,23,25)/t19-/m1/s1. The summed E-state index contributed by atoms with van der Waals surface area (Å²) in [6.07, 6.45) is 2.31. The molecule has 2 aromatic rings. The molecule has 3 rings (SSSR count). The fraction of sp³-hybridized carbons (Fsp3) is 0.350. The van der Waals surface area contributed by atoms with Gasteiger partial charge in [-0.3, -0.25) is 9.69 Å². The van der Waals surface area contributed by atoms with Gasteiger partial charge in [0, 0.05) is 11.6 Å². The van der Waals surface area contributed by atoms with Crippen molar-refractivity contribution in [2.75, 3.05) is 26.2 Å². The summed E-state index contributed by atoms with van der Waals surface area (Å²) in [5.74, 6) is -0.0932. The van der Waals surface area contributed by atoms with Crippen molar-refractivity contribution < 1.29 is 13.9 Å². The number of halogens is 2. The van der Waals surface area contributed by atoms with Crippen LogP contribution in [0.3, 0.4) is 0 Å². The zero-order chi connectivity index (χ0) is 18.4. The van der Waals surface area contributed by atoms with Crippen LogP contribution in [0.1, 0.15) is 24.4 Å². The highest BCUT2D eigenvalue weighted by molar-refractivity contribution is 6.31. The molecule has 1 fully saturated rings. The van der Waals surface area contributed by atoms with E-state index in [1.165, 1.54) is 24.3 Å². The molecule has 0 unspecified atom stereocenters. The Hall–Kier alpha value is -2.11. The lowest BCUT2D eigenvalue weighted by Crippen LogP contribution is -2.38. The Morgan fingerprint density at radius 3 is 2.54 bits per heavy atom. The van der Waals surface area contributed by atoms with E-state index in [0.717, 1.165) is 31.5 Å². The zero-order valence-corrected chi connectivity index (χ0v) is 15.2. The molecule has 1 N–H and O–H groups in total. The van der Waals surface area contributed by atoms with Crippen molar-refractivity contribution in [3.63, 3.8) is 0 Å². The third-order valence-corrected chi connectivity index (χ3v) is 4.87. The van der Waals surface area contributed by atoms with Crippen LogP contribution < -0.4 is 10.1 Å². The van der Waals surface area contributed by atoms with Gasteiger partial charge in [-0.05, 0) is 61.8 Å². The number of nitrogens with zero attached hydrogens (tertiary/aromatic N) is 1. The third kappa shape index (κ3) is 4.96. The van der Waals surface area contributed by atoms with Crippen molar-refractivity contribution in [2.45, 2.75) is 18.9 Å². The molecule has 0 radical (unpaired) electrons. The number of likely N-dealkylation sites (tertiary alicyclic amines) is 1. The number of nitrogens with one attached hydrogen (secondary N) is 1. The number of rotatable bonds is 7. The molecule has 1 amide bonds. The second kappa shape index (κ2) is 9.01. The van der Waals surface area contributed by atoms with E-state index in [1.807, 2.05) is 24.3 Å². The zero-order valence-electron chi connectivity index (χ0n) is 14.5. The molecule has 1 atom stereocenters. The molecule has 1 heterocycles. The molecule has 26 heavy (non-hydrogen) atoms. The number of benzene rings is 2. The van der Waals surface area contributed by atoms with E-state index < -0.39 is 0 Å². The molecule has 1 aliphatic heterocycles. The van der Waals surface area contributed by atoms with Gasteiger partial charge in [0.25, 0.3) is 5.91 Å². The molecule has 6 heteroatoms. The van der Waals surface area contributed by atoms with E-state index in [9.17, 15) is 9.18 Å². The molecule has 4 nitrogen and oxygen atoms in total. The van der Waals surface area contributed by atoms with Gasteiger partial charge in [0.15, 0.2) is 6.61 Å². The summed E-state index contributed by atoms with van der Waals surface area (Å²) < 4.78 is 18.3. The summed E-state index contributed by atoms with van der Waals surface area (Å²) in [7, 11) is 0. The largest absolute Gasteiger partial charge is 0.484 e. The van der Waals surface area contributed by atoms with Crippen LogP contribution in [0.4, 0.5) is 4.39 Å². The van der Waals surface area contributed by atoms with Gasteiger partial charge in [-0.2, -0.15) is 0 Å². The molecule has 1 saturated heterocycles. The highest BCUT2D eigenvalue weighted by Crippen LogP contribution is 2.29. The lowest BCUT2D eigenvalue weighted by atomic mass is 10.1. The Morgan fingerprint density at radius 2 is 1.85 bits per heavy atom. The van der Waals surface area contributed by atoms with Crippen LogP contribution in [-0.4, -0.2) is 37.0 Å². The highest BCUT2D eigenvalue weighted by Gasteiger charge is 2.25. The first-order valence-corrected chi connectivity index (χ1v) is 9.15. The molecule has 0 aliphatic carbocycles. The predicted octanol–water partition coefficient (Wildman–Crippen LogP) is 3.81. The van der Waals surface area contributed by atoms with E-state index in [1.54, 1.807) is 0 Å². The van der Waals surface area contributed by atoms with Gasteiger partial charge in [0.1, 0.15) is 11.6 Å². The Balaban J connectivity index is 1.57. The number of hydrogen-bond donors (Lipinski definition) is 1. The molecule has 0 bridgehead atoms. The third-order valence-electron chi connectivity index (χ3n) is 4.52. The van der Waals surface area contributed by atoms with Crippen LogP contribution in [-0.2, 0) is 4.79 Å². The Labute approximate surface area is 157 Å². The van der Waals surface area contributed by atoms with Crippen molar-refractivity contribution >= 4 is 17.5 Å². The summed E-state index contributed by atoms with van der Waals surface area (Å²) in [4.78, 5) is 14.5. The van der Waals surface area contributed by atoms with Crippen LogP contribution in [0.15, 0.2) is 48.5 Å². The Kier molecular flexibility index (Phi) is 6.47. The van der Waals surface area contributed by atoms with E-state index in [0.29, 0.717) is 17.3 Å². The highest BCUT2D eigenvalue weighted by atomic mass is 35.5. The number of carbonyl (C=O) groups is 1. The lowest BCUT2D eigenvalue weighted by Gasteiger charge is -2.29. The minimum Gasteiger partial charge on any atom is -0.484 e. The average Bonchev–Trinajstić information content (AvgIpc) is 3.17. The lowest BCUT2D eigenvalue weighted by molar-refractivity contribution is -0.123. The summed E-state index contributed by atoms with van der Waals surface area (Å²) in [6.45, 7) is 2.35. The summed E-state index contributed by atoms with van der Waals surface area (Å²) in [5, 5.41) is 3.64. The smallest absolute Gasteiger partial charge is 0.258 e. The van der Waals surface area contributed by atoms with E-state index in [-0.39, 0.29) is 24.4 Å². The minimum absolute atomic E-state index is 0.0426. The molecular formula is C20H22ClFN2O2. The summed E-state index contributed by atoms with van der Waals surface area (Å²) >= 11 is 6.37. The maximum absolute atomic E-state index is 12.9. The van der Waals surface area contributed by atoms with Crippen molar-refractivity contribution in [2.24, 2.45) is 0 Å². The Morgan fingerprint density at radius 1 is 1.15 bits per heavy atom. The van der Waals surface area contributed by atoms with Crippen molar-refractivity contribution in [3.05, 3.63) is 64.9 Å². The molecular weight excluding hydrogens is 355 g/mol. The number of carbonyl (C=O) groups excluding carboxylic acids is 1. The van der Waals surface area contributed by atoms with E-state index >= 15 is 0 Å². The number of hydrogen-bond acceptors (Lipinski definition) is 3. The topological polar surface area (TPSA) is 41.6 Å². The first kappa shape index (κ1) is 18.7. The Bertz CT molecular complexity index is 733. The number of ether oxygens (including phenoxy) is 1. The molecule has 0 saturated carbocycles.